The first kappa shape index (κ1) is 15.9. The molecule has 5 heteroatoms. The molecule has 1 amide bonds. The molecule has 1 N–H and O–H groups in total. The van der Waals surface area contributed by atoms with Crippen molar-refractivity contribution >= 4 is 23.6 Å². The Hall–Kier alpha value is -1.49. The van der Waals surface area contributed by atoms with E-state index in [1.165, 1.54) is 11.8 Å². The number of hydrogen-bond acceptors (Lipinski definition) is 3. The van der Waals surface area contributed by atoms with Crippen LogP contribution in [0.4, 0.5) is 0 Å². The van der Waals surface area contributed by atoms with Gasteiger partial charge >= 0.3 is 5.97 Å². The summed E-state index contributed by atoms with van der Waals surface area (Å²) in [4.78, 5) is 27.0. The average Bonchev–Trinajstić information content (AvgIpc) is 2.53. The lowest BCUT2D eigenvalue weighted by Gasteiger charge is -2.39. The van der Waals surface area contributed by atoms with Crippen LogP contribution in [0.15, 0.2) is 29.2 Å². The van der Waals surface area contributed by atoms with Crippen LogP contribution in [0.2, 0.25) is 0 Å². The van der Waals surface area contributed by atoms with Gasteiger partial charge in [0.05, 0.1) is 11.0 Å². The average molecular weight is 307 g/mol. The molecular weight excluding hydrogens is 286 g/mol. The maximum atomic E-state index is 12.7. The summed E-state index contributed by atoms with van der Waals surface area (Å²) >= 11 is 1.54. The van der Waals surface area contributed by atoms with E-state index >= 15 is 0 Å². The van der Waals surface area contributed by atoms with Gasteiger partial charge in [0.2, 0.25) is 0 Å². The number of carbonyl (C=O) groups excluding carboxylic acids is 1. The van der Waals surface area contributed by atoms with Gasteiger partial charge in [0, 0.05) is 18.0 Å². The van der Waals surface area contributed by atoms with Gasteiger partial charge in [-0.15, -0.1) is 11.8 Å². The van der Waals surface area contributed by atoms with Gasteiger partial charge in [-0.05, 0) is 37.7 Å². The molecule has 0 saturated carbocycles. The number of benzene rings is 1. The standard InChI is InChI=1S/C16H21NO3S/c1-3-16(15(19)20)9-6-10-17(11-16)14(18)12-7-4-5-8-13(12)21-2/h4-5,7-8H,3,6,9-11H2,1-2H3,(H,19,20). The molecular formula is C16H21NO3S. The predicted octanol–water partition coefficient (Wildman–Crippen LogP) is 3.13. The Morgan fingerprint density at radius 2 is 2.10 bits per heavy atom. The Balaban J connectivity index is 2.25. The third-order valence-corrected chi connectivity index (χ3v) is 5.13. The van der Waals surface area contributed by atoms with Gasteiger partial charge < -0.3 is 10.0 Å². The van der Waals surface area contributed by atoms with Crippen molar-refractivity contribution in [2.24, 2.45) is 5.41 Å². The number of aliphatic carboxylic acids is 1. The monoisotopic (exact) mass is 307 g/mol. The van der Waals surface area contributed by atoms with Crippen LogP contribution in [0.1, 0.15) is 36.5 Å². The number of carboxylic acids is 1. The van der Waals surface area contributed by atoms with Crippen LogP contribution >= 0.6 is 11.8 Å². The van der Waals surface area contributed by atoms with E-state index in [0.29, 0.717) is 31.5 Å². The number of carboxylic acid groups (broad SMARTS) is 1. The molecule has 21 heavy (non-hydrogen) atoms. The molecule has 0 bridgehead atoms. The molecule has 114 valence electrons. The Morgan fingerprint density at radius 3 is 2.71 bits per heavy atom. The van der Waals surface area contributed by atoms with Crippen molar-refractivity contribution in [1.82, 2.24) is 4.90 Å². The summed E-state index contributed by atoms with van der Waals surface area (Å²) in [6.07, 6.45) is 3.88. The van der Waals surface area contributed by atoms with Gasteiger partial charge in [-0.1, -0.05) is 19.1 Å². The molecule has 0 spiro atoms. The third kappa shape index (κ3) is 3.07. The highest BCUT2D eigenvalue weighted by molar-refractivity contribution is 7.98. The summed E-state index contributed by atoms with van der Waals surface area (Å²) in [5.74, 6) is -0.848. The normalized spacial score (nSPS) is 22.1. The number of thioether (sulfide) groups is 1. The first-order valence-electron chi connectivity index (χ1n) is 7.20. The van der Waals surface area contributed by atoms with Crippen molar-refractivity contribution in [3.8, 4) is 0 Å². The van der Waals surface area contributed by atoms with Crippen molar-refractivity contribution in [2.75, 3.05) is 19.3 Å². The summed E-state index contributed by atoms with van der Waals surface area (Å²) in [6.45, 7) is 2.83. The molecule has 1 saturated heterocycles. The molecule has 1 aromatic rings. The number of nitrogens with zero attached hydrogens (tertiary/aromatic N) is 1. The van der Waals surface area contributed by atoms with Crippen molar-refractivity contribution in [2.45, 2.75) is 31.1 Å². The van der Waals surface area contributed by atoms with Gasteiger partial charge in [0.25, 0.3) is 5.91 Å². The van der Waals surface area contributed by atoms with Crippen molar-refractivity contribution < 1.29 is 14.7 Å². The van der Waals surface area contributed by atoms with E-state index < -0.39 is 11.4 Å². The predicted molar refractivity (Wildman–Crippen MR) is 83.7 cm³/mol. The molecule has 4 nitrogen and oxygen atoms in total. The highest BCUT2D eigenvalue weighted by Crippen LogP contribution is 2.34. The minimum absolute atomic E-state index is 0.0567. The highest BCUT2D eigenvalue weighted by Gasteiger charge is 2.42. The summed E-state index contributed by atoms with van der Waals surface area (Å²) in [6, 6.07) is 7.50. The fourth-order valence-corrected chi connectivity index (χ4v) is 3.50. The van der Waals surface area contributed by atoms with Crippen LogP contribution < -0.4 is 0 Å². The SMILES string of the molecule is CCC1(C(=O)O)CCCN(C(=O)c2ccccc2SC)C1. The fraction of sp³-hybridized carbons (Fsp3) is 0.500. The lowest BCUT2D eigenvalue weighted by molar-refractivity contribution is -0.152. The van der Waals surface area contributed by atoms with E-state index in [1.54, 1.807) is 4.90 Å². The van der Waals surface area contributed by atoms with Gasteiger partial charge in [0.15, 0.2) is 0 Å². The van der Waals surface area contributed by atoms with Crippen molar-refractivity contribution in [3.63, 3.8) is 0 Å². The Kier molecular flexibility index (Phi) is 4.93. The van der Waals surface area contributed by atoms with Crippen LogP contribution in [0.25, 0.3) is 0 Å². The maximum absolute atomic E-state index is 12.7. The molecule has 1 aliphatic heterocycles. The molecule has 1 heterocycles. The first-order valence-corrected chi connectivity index (χ1v) is 8.42. The Labute approximate surface area is 129 Å². The number of rotatable bonds is 4. The molecule has 0 radical (unpaired) electrons. The smallest absolute Gasteiger partial charge is 0.311 e. The maximum Gasteiger partial charge on any atom is 0.311 e. The van der Waals surface area contributed by atoms with Crippen molar-refractivity contribution in [3.05, 3.63) is 29.8 Å². The second-order valence-electron chi connectivity index (χ2n) is 5.47. The minimum Gasteiger partial charge on any atom is -0.481 e. The van der Waals surface area contributed by atoms with Crippen molar-refractivity contribution in [1.29, 1.82) is 0 Å². The molecule has 1 aliphatic rings. The molecule has 0 aromatic heterocycles. The molecule has 2 rings (SSSR count). The summed E-state index contributed by atoms with van der Waals surface area (Å²) < 4.78 is 0. The molecule has 1 fully saturated rings. The Morgan fingerprint density at radius 1 is 1.38 bits per heavy atom. The van der Waals surface area contributed by atoms with Crippen LogP contribution in [0.3, 0.4) is 0 Å². The zero-order valence-electron chi connectivity index (χ0n) is 12.5. The second-order valence-corrected chi connectivity index (χ2v) is 6.32. The quantitative estimate of drug-likeness (QED) is 0.868. The van der Waals surface area contributed by atoms with Gasteiger partial charge in [-0.3, -0.25) is 9.59 Å². The second kappa shape index (κ2) is 6.52. The van der Waals surface area contributed by atoms with Gasteiger partial charge in [-0.25, -0.2) is 0 Å². The van der Waals surface area contributed by atoms with E-state index in [1.807, 2.05) is 37.4 Å². The van der Waals surface area contributed by atoms with E-state index in [9.17, 15) is 14.7 Å². The lowest BCUT2D eigenvalue weighted by Crippen LogP contribution is -2.49. The molecule has 1 atom stereocenters. The van der Waals surface area contributed by atoms with E-state index in [2.05, 4.69) is 0 Å². The van der Waals surface area contributed by atoms with Crippen LogP contribution in [0.5, 0.6) is 0 Å². The fourth-order valence-electron chi connectivity index (χ4n) is 2.91. The van der Waals surface area contributed by atoms with Gasteiger partial charge in [0.1, 0.15) is 0 Å². The zero-order chi connectivity index (χ0) is 15.5. The van der Waals surface area contributed by atoms with Crippen LogP contribution in [-0.4, -0.2) is 41.2 Å². The van der Waals surface area contributed by atoms with Crippen LogP contribution in [0, 0.1) is 5.41 Å². The summed E-state index contributed by atoms with van der Waals surface area (Å²) in [7, 11) is 0. The number of hydrogen-bond donors (Lipinski definition) is 1. The van der Waals surface area contributed by atoms with E-state index in [0.717, 1.165) is 11.3 Å². The summed E-state index contributed by atoms with van der Waals surface area (Å²) in [5, 5.41) is 9.52. The van der Waals surface area contributed by atoms with E-state index in [-0.39, 0.29) is 5.91 Å². The highest BCUT2D eigenvalue weighted by atomic mass is 32.2. The Bertz CT molecular complexity index is 546. The molecule has 0 aliphatic carbocycles. The minimum atomic E-state index is -0.791. The number of carbonyl (C=O) groups is 2. The van der Waals surface area contributed by atoms with E-state index in [4.69, 9.17) is 0 Å². The molecule has 1 unspecified atom stereocenters. The first-order chi connectivity index (χ1) is 10.0. The zero-order valence-corrected chi connectivity index (χ0v) is 13.3. The topological polar surface area (TPSA) is 57.6 Å². The largest absolute Gasteiger partial charge is 0.481 e. The number of piperidine rings is 1. The van der Waals surface area contributed by atoms with Crippen LogP contribution in [-0.2, 0) is 4.79 Å². The lowest BCUT2D eigenvalue weighted by atomic mass is 9.77. The number of likely N-dealkylation sites (tertiary alicyclic amines) is 1. The van der Waals surface area contributed by atoms with Gasteiger partial charge in [-0.2, -0.15) is 0 Å². The molecule has 1 aromatic carbocycles. The third-order valence-electron chi connectivity index (χ3n) is 4.33. The number of amides is 1. The summed E-state index contributed by atoms with van der Waals surface area (Å²) in [5.41, 5.74) is -0.121.